The highest BCUT2D eigenvalue weighted by atomic mass is 127. The van der Waals surface area contributed by atoms with Crippen molar-refractivity contribution in [2.45, 2.75) is 18.6 Å². The van der Waals surface area contributed by atoms with Crippen LogP contribution >= 0.6 is 34.4 Å². The number of amides is 1. The molecule has 0 aliphatic carbocycles. The van der Waals surface area contributed by atoms with Crippen molar-refractivity contribution in [1.82, 2.24) is 14.8 Å². The molecule has 0 radical (unpaired) electrons. The van der Waals surface area contributed by atoms with Gasteiger partial charge in [0.25, 0.3) is 0 Å². The van der Waals surface area contributed by atoms with E-state index in [-0.39, 0.29) is 11.7 Å². The Morgan fingerprint density at radius 3 is 2.81 bits per heavy atom. The van der Waals surface area contributed by atoms with Crippen LogP contribution in [0.15, 0.2) is 66.3 Å². The summed E-state index contributed by atoms with van der Waals surface area (Å²) in [5.74, 6) is 0.960. The van der Waals surface area contributed by atoms with Gasteiger partial charge in [0.15, 0.2) is 11.0 Å². The minimum absolute atomic E-state index is 0.0747. The molecule has 1 N–H and O–H groups in total. The molecule has 0 saturated heterocycles. The lowest BCUT2D eigenvalue weighted by Gasteiger charge is -2.09. The fourth-order valence-corrected chi connectivity index (χ4v) is 3.84. The number of rotatable bonds is 7. The van der Waals surface area contributed by atoms with Gasteiger partial charge in [-0.2, -0.15) is 0 Å². The highest BCUT2D eigenvalue weighted by Crippen LogP contribution is 2.25. The predicted molar refractivity (Wildman–Crippen MR) is 119 cm³/mol. The third-order valence-corrected chi connectivity index (χ3v) is 5.69. The lowest BCUT2D eigenvalue weighted by Crippen LogP contribution is -2.15. The number of hydrogen-bond acceptors (Lipinski definition) is 4. The monoisotopic (exact) mass is 490 g/mol. The first-order valence-corrected chi connectivity index (χ1v) is 10.4. The number of halogens is 1. The van der Waals surface area contributed by atoms with E-state index in [4.69, 9.17) is 0 Å². The summed E-state index contributed by atoms with van der Waals surface area (Å²) in [4.78, 5) is 12.3. The maximum absolute atomic E-state index is 12.3. The fraction of sp³-hybridized carbons (Fsp3) is 0.150. The largest absolute Gasteiger partial charge is 0.324 e. The zero-order chi connectivity index (χ0) is 19.2. The van der Waals surface area contributed by atoms with Gasteiger partial charge in [-0.15, -0.1) is 16.8 Å². The number of allylic oxidation sites excluding steroid dienone is 1. The topological polar surface area (TPSA) is 59.8 Å². The summed E-state index contributed by atoms with van der Waals surface area (Å²) < 4.78 is 2.98. The van der Waals surface area contributed by atoms with Gasteiger partial charge in [0.1, 0.15) is 0 Å². The zero-order valence-corrected chi connectivity index (χ0v) is 17.8. The fourth-order valence-electron chi connectivity index (χ4n) is 2.57. The second kappa shape index (κ2) is 9.18. The number of benzene rings is 2. The van der Waals surface area contributed by atoms with Crippen LogP contribution in [0.1, 0.15) is 5.56 Å². The van der Waals surface area contributed by atoms with E-state index in [1.807, 2.05) is 54.0 Å². The Kier molecular flexibility index (Phi) is 6.68. The second-order valence-corrected chi connectivity index (χ2v) is 8.00. The Hall–Kier alpha value is -2.13. The first-order chi connectivity index (χ1) is 13.1. The predicted octanol–water partition coefficient (Wildman–Crippen LogP) is 4.77. The van der Waals surface area contributed by atoms with Crippen LogP contribution in [0.25, 0.3) is 11.4 Å². The van der Waals surface area contributed by atoms with E-state index in [0.717, 1.165) is 26.2 Å². The molecule has 0 atom stereocenters. The molecule has 1 amide bonds. The van der Waals surface area contributed by atoms with Crippen LogP contribution in [0.2, 0.25) is 0 Å². The lowest BCUT2D eigenvalue weighted by atomic mass is 10.1. The van der Waals surface area contributed by atoms with Gasteiger partial charge in [-0.1, -0.05) is 53.7 Å². The first-order valence-electron chi connectivity index (χ1n) is 8.37. The van der Waals surface area contributed by atoms with Crippen molar-refractivity contribution in [1.29, 1.82) is 0 Å². The number of carbonyl (C=O) groups is 1. The highest BCUT2D eigenvalue weighted by Gasteiger charge is 2.15. The number of nitrogens with zero attached hydrogens (tertiary/aromatic N) is 3. The van der Waals surface area contributed by atoms with Crippen molar-refractivity contribution >= 4 is 45.9 Å². The third-order valence-electron chi connectivity index (χ3n) is 3.79. The molecular weight excluding hydrogens is 471 g/mol. The summed E-state index contributed by atoms with van der Waals surface area (Å²) >= 11 is 3.57. The molecular formula is C20H19IN4OS. The number of nitrogens with one attached hydrogen (secondary N) is 1. The standard InChI is InChI=1S/C20H19IN4OS/c1-3-11-25-19(15-8-6-7-14(2)12-15)23-24-20(25)27-13-18(26)22-17-10-5-4-9-16(17)21/h3-10,12H,1,11,13H2,2H3,(H,22,26). The summed E-state index contributed by atoms with van der Waals surface area (Å²) in [7, 11) is 0. The minimum atomic E-state index is -0.0747. The molecule has 3 aromatic rings. The number of thioether (sulfide) groups is 1. The Morgan fingerprint density at radius 1 is 1.26 bits per heavy atom. The van der Waals surface area contributed by atoms with E-state index in [2.05, 4.69) is 50.8 Å². The molecule has 5 nitrogen and oxygen atoms in total. The van der Waals surface area contributed by atoms with Gasteiger partial charge >= 0.3 is 0 Å². The SMILES string of the molecule is C=CCn1c(SCC(=O)Nc2ccccc2I)nnc1-c1cccc(C)c1. The van der Waals surface area contributed by atoms with Crippen molar-refractivity contribution in [3.8, 4) is 11.4 Å². The molecule has 7 heteroatoms. The lowest BCUT2D eigenvalue weighted by molar-refractivity contribution is -0.113. The number of anilines is 1. The molecule has 0 bridgehead atoms. The van der Waals surface area contributed by atoms with Gasteiger partial charge in [-0.3, -0.25) is 9.36 Å². The van der Waals surface area contributed by atoms with E-state index in [9.17, 15) is 4.79 Å². The van der Waals surface area contributed by atoms with Crippen molar-refractivity contribution in [3.05, 3.63) is 70.3 Å². The van der Waals surface area contributed by atoms with Crippen LogP contribution < -0.4 is 5.32 Å². The molecule has 3 rings (SSSR count). The van der Waals surface area contributed by atoms with Gasteiger partial charge in [-0.25, -0.2) is 0 Å². The Labute approximate surface area is 176 Å². The van der Waals surface area contributed by atoms with Crippen LogP contribution in [-0.4, -0.2) is 26.4 Å². The number of aromatic nitrogens is 3. The maximum Gasteiger partial charge on any atom is 0.234 e. The van der Waals surface area contributed by atoms with Crippen molar-refractivity contribution in [2.75, 3.05) is 11.1 Å². The number of para-hydroxylation sites is 1. The van der Waals surface area contributed by atoms with E-state index in [0.29, 0.717) is 11.7 Å². The summed E-state index contributed by atoms with van der Waals surface area (Å²) in [6.45, 7) is 6.45. The molecule has 0 aliphatic heterocycles. The normalized spacial score (nSPS) is 10.6. The van der Waals surface area contributed by atoms with Gasteiger partial charge in [-0.05, 0) is 47.7 Å². The number of carbonyl (C=O) groups excluding carboxylic acids is 1. The molecule has 0 fully saturated rings. The first kappa shape index (κ1) is 19.6. The van der Waals surface area contributed by atoms with E-state index in [1.165, 1.54) is 11.8 Å². The summed E-state index contributed by atoms with van der Waals surface area (Å²) in [5.41, 5.74) is 2.97. The molecule has 0 unspecified atom stereocenters. The quantitative estimate of drug-likeness (QED) is 0.295. The van der Waals surface area contributed by atoms with Crippen LogP contribution in [0.4, 0.5) is 5.69 Å². The summed E-state index contributed by atoms with van der Waals surface area (Å²) in [5, 5.41) is 12.2. The minimum Gasteiger partial charge on any atom is -0.324 e. The second-order valence-electron chi connectivity index (χ2n) is 5.89. The van der Waals surface area contributed by atoms with Gasteiger partial charge in [0.05, 0.1) is 11.4 Å². The number of hydrogen-bond donors (Lipinski definition) is 1. The van der Waals surface area contributed by atoms with Crippen LogP contribution in [-0.2, 0) is 11.3 Å². The molecule has 1 heterocycles. The molecule has 1 aromatic heterocycles. The molecule has 0 saturated carbocycles. The van der Waals surface area contributed by atoms with E-state index >= 15 is 0 Å². The zero-order valence-electron chi connectivity index (χ0n) is 14.9. The Balaban J connectivity index is 1.74. The summed E-state index contributed by atoms with van der Waals surface area (Å²) in [6, 6.07) is 15.8. The molecule has 27 heavy (non-hydrogen) atoms. The summed E-state index contributed by atoms with van der Waals surface area (Å²) in [6.07, 6.45) is 1.80. The highest BCUT2D eigenvalue weighted by molar-refractivity contribution is 14.1. The van der Waals surface area contributed by atoms with Crippen LogP contribution in [0.5, 0.6) is 0 Å². The number of aryl methyl sites for hydroxylation is 1. The molecule has 0 spiro atoms. The van der Waals surface area contributed by atoms with Crippen molar-refractivity contribution < 1.29 is 4.79 Å². The Bertz CT molecular complexity index is 970. The molecule has 2 aromatic carbocycles. The van der Waals surface area contributed by atoms with Crippen molar-refractivity contribution in [2.24, 2.45) is 0 Å². The molecule has 138 valence electrons. The van der Waals surface area contributed by atoms with Gasteiger partial charge in [0, 0.05) is 15.7 Å². The van der Waals surface area contributed by atoms with Crippen LogP contribution in [0, 0.1) is 10.5 Å². The van der Waals surface area contributed by atoms with Gasteiger partial charge in [0.2, 0.25) is 5.91 Å². The van der Waals surface area contributed by atoms with Crippen LogP contribution in [0.3, 0.4) is 0 Å². The van der Waals surface area contributed by atoms with Crippen molar-refractivity contribution in [3.63, 3.8) is 0 Å². The Morgan fingerprint density at radius 2 is 2.07 bits per heavy atom. The maximum atomic E-state index is 12.3. The molecule has 0 aliphatic rings. The third kappa shape index (κ3) is 4.98. The average Bonchev–Trinajstić information content (AvgIpc) is 3.05. The van der Waals surface area contributed by atoms with Gasteiger partial charge < -0.3 is 5.32 Å². The van der Waals surface area contributed by atoms with E-state index in [1.54, 1.807) is 6.08 Å². The average molecular weight is 490 g/mol. The smallest absolute Gasteiger partial charge is 0.234 e. The van der Waals surface area contributed by atoms with E-state index < -0.39 is 0 Å².